The van der Waals surface area contributed by atoms with Crippen molar-refractivity contribution in [3.63, 3.8) is 0 Å². The summed E-state index contributed by atoms with van der Waals surface area (Å²) in [6.45, 7) is 0. The number of benzene rings is 2. The van der Waals surface area contributed by atoms with Crippen LogP contribution >= 0.6 is 31.9 Å². The van der Waals surface area contributed by atoms with Crippen LogP contribution in [0.5, 0.6) is 17.2 Å². The number of phenolic OH excluding ortho intramolecular Hbond substituents is 3. The van der Waals surface area contributed by atoms with Crippen LogP contribution in [0.25, 0.3) is 0 Å². The van der Waals surface area contributed by atoms with Gasteiger partial charge in [0.05, 0.1) is 10.0 Å². The molecule has 0 spiro atoms. The first-order valence-corrected chi connectivity index (χ1v) is 6.75. The molecule has 0 fully saturated rings. The average molecular weight is 388 g/mol. The van der Waals surface area contributed by atoms with E-state index in [4.69, 9.17) is 0 Å². The van der Waals surface area contributed by atoms with Crippen LogP contribution in [0.15, 0.2) is 39.3 Å². The smallest absolute Gasteiger partial charge is 0.198 e. The van der Waals surface area contributed by atoms with Crippen molar-refractivity contribution in [2.24, 2.45) is 0 Å². The second-order valence-corrected chi connectivity index (χ2v) is 5.33. The van der Waals surface area contributed by atoms with Crippen molar-refractivity contribution in [1.82, 2.24) is 0 Å². The summed E-state index contributed by atoms with van der Waals surface area (Å²) in [7, 11) is 0. The summed E-state index contributed by atoms with van der Waals surface area (Å²) in [6, 6.07) is 8.31. The molecule has 2 rings (SSSR count). The maximum atomic E-state index is 12.3. The van der Waals surface area contributed by atoms with Crippen LogP contribution in [0.1, 0.15) is 15.9 Å². The minimum absolute atomic E-state index is 0.0560. The molecule has 0 atom stereocenters. The summed E-state index contributed by atoms with van der Waals surface area (Å²) in [5, 5.41) is 29.2. The van der Waals surface area contributed by atoms with Gasteiger partial charge in [-0.25, -0.2) is 0 Å². The van der Waals surface area contributed by atoms with Gasteiger partial charge in [-0.05, 0) is 31.9 Å². The first kappa shape index (κ1) is 13.9. The molecule has 3 N–H and O–H groups in total. The van der Waals surface area contributed by atoms with Crippen molar-refractivity contribution >= 4 is 37.6 Å². The van der Waals surface area contributed by atoms with E-state index in [1.54, 1.807) is 30.3 Å². The van der Waals surface area contributed by atoms with Crippen molar-refractivity contribution in [2.75, 3.05) is 0 Å². The van der Waals surface area contributed by atoms with Gasteiger partial charge in [0.2, 0.25) is 0 Å². The monoisotopic (exact) mass is 386 g/mol. The largest absolute Gasteiger partial charge is 0.506 e. The molecule has 6 heteroatoms. The maximum Gasteiger partial charge on any atom is 0.198 e. The Morgan fingerprint density at radius 3 is 1.95 bits per heavy atom. The van der Waals surface area contributed by atoms with E-state index in [0.29, 0.717) is 5.56 Å². The van der Waals surface area contributed by atoms with Gasteiger partial charge in [0.1, 0.15) is 10.2 Å². The minimum Gasteiger partial charge on any atom is -0.506 e. The molecular weight excluding hydrogens is 380 g/mol. The topological polar surface area (TPSA) is 77.8 Å². The predicted molar refractivity (Wildman–Crippen MR) is 76.7 cm³/mol. The van der Waals surface area contributed by atoms with E-state index in [9.17, 15) is 20.1 Å². The number of hydrogen-bond donors (Lipinski definition) is 3. The number of rotatable bonds is 2. The van der Waals surface area contributed by atoms with Gasteiger partial charge >= 0.3 is 0 Å². The Hall–Kier alpha value is -1.53. The van der Waals surface area contributed by atoms with Crippen LogP contribution in [-0.2, 0) is 0 Å². The third kappa shape index (κ3) is 2.33. The summed E-state index contributed by atoms with van der Waals surface area (Å²) >= 11 is 5.92. The van der Waals surface area contributed by atoms with Crippen LogP contribution in [0, 0.1) is 0 Å². The molecule has 2 aromatic carbocycles. The summed E-state index contributed by atoms with van der Waals surface area (Å²) in [4.78, 5) is 12.3. The second-order valence-electron chi connectivity index (χ2n) is 3.74. The maximum absolute atomic E-state index is 12.3. The molecule has 98 valence electrons. The molecule has 0 aliphatic carbocycles. The molecule has 0 bridgehead atoms. The van der Waals surface area contributed by atoms with Crippen LogP contribution in [0.2, 0.25) is 0 Å². The Balaban J connectivity index is 2.67. The van der Waals surface area contributed by atoms with Crippen LogP contribution in [0.3, 0.4) is 0 Å². The van der Waals surface area contributed by atoms with Crippen molar-refractivity contribution < 1.29 is 20.1 Å². The fraction of sp³-hybridized carbons (Fsp3) is 0. The molecule has 2 aromatic rings. The van der Waals surface area contributed by atoms with Gasteiger partial charge < -0.3 is 15.3 Å². The lowest BCUT2D eigenvalue weighted by Gasteiger charge is -2.12. The minimum atomic E-state index is -0.533. The predicted octanol–water partition coefficient (Wildman–Crippen LogP) is 3.56. The van der Waals surface area contributed by atoms with Crippen LogP contribution < -0.4 is 0 Å². The van der Waals surface area contributed by atoms with E-state index in [1.807, 2.05) is 0 Å². The van der Waals surface area contributed by atoms with E-state index in [1.165, 1.54) is 0 Å². The zero-order valence-corrected chi connectivity index (χ0v) is 12.6. The fourth-order valence-corrected chi connectivity index (χ4v) is 2.53. The average Bonchev–Trinajstić information content (AvgIpc) is 2.44. The van der Waals surface area contributed by atoms with Crippen molar-refractivity contribution in [3.05, 3.63) is 50.4 Å². The van der Waals surface area contributed by atoms with Gasteiger partial charge in [0.15, 0.2) is 17.3 Å². The van der Waals surface area contributed by atoms with Gasteiger partial charge in [0.25, 0.3) is 0 Å². The molecule has 0 heterocycles. The Bertz CT molecular complexity index is 624. The number of carbonyl (C=O) groups is 1. The van der Waals surface area contributed by atoms with Gasteiger partial charge in [-0.3, -0.25) is 4.79 Å². The van der Waals surface area contributed by atoms with E-state index in [-0.39, 0.29) is 14.5 Å². The lowest BCUT2D eigenvalue weighted by atomic mass is 10.0. The molecule has 0 aromatic heterocycles. The van der Waals surface area contributed by atoms with Gasteiger partial charge in [-0.15, -0.1) is 0 Å². The third-order valence-electron chi connectivity index (χ3n) is 2.57. The number of hydrogen-bond acceptors (Lipinski definition) is 4. The summed E-state index contributed by atoms with van der Waals surface area (Å²) in [5.41, 5.74) is 0.240. The molecule has 19 heavy (non-hydrogen) atoms. The Morgan fingerprint density at radius 2 is 1.37 bits per heavy atom. The SMILES string of the molecule is O=C(c1ccccc1)c1c(O)c(Br)c(O)c(O)c1Br. The first-order chi connectivity index (χ1) is 8.95. The zero-order valence-electron chi connectivity index (χ0n) is 9.39. The Kier molecular flexibility index (Phi) is 3.82. The zero-order chi connectivity index (χ0) is 14.2. The highest BCUT2D eigenvalue weighted by Crippen LogP contribution is 2.48. The molecule has 0 aliphatic heterocycles. The number of aromatic hydroxyl groups is 3. The third-order valence-corrected chi connectivity index (χ3v) is 4.09. The number of ketones is 1. The summed E-state index contributed by atoms with van der Waals surface area (Å²) in [6.07, 6.45) is 0. The van der Waals surface area contributed by atoms with E-state index < -0.39 is 23.0 Å². The van der Waals surface area contributed by atoms with Gasteiger partial charge in [0, 0.05) is 5.56 Å². The lowest BCUT2D eigenvalue weighted by molar-refractivity contribution is 0.103. The normalized spacial score (nSPS) is 10.4. The highest BCUT2D eigenvalue weighted by molar-refractivity contribution is 9.11. The number of carbonyl (C=O) groups excluding carboxylic acids is 1. The van der Waals surface area contributed by atoms with Crippen LogP contribution in [0.4, 0.5) is 0 Å². The molecule has 0 unspecified atom stereocenters. The van der Waals surface area contributed by atoms with Crippen molar-refractivity contribution in [3.8, 4) is 17.2 Å². The molecule has 0 amide bonds. The number of halogens is 2. The number of phenols is 3. The lowest BCUT2D eigenvalue weighted by Crippen LogP contribution is -2.03. The molecule has 0 radical (unpaired) electrons. The van der Waals surface area contributed by atoms with Crippen LogP contribution in [-0.4, -0.2) is 21.1 Å². The molecule has 0 saturated carbocycles. The highest BCUT2D eigenvalue weighted by atomic mass is 79.9. The van der Waals surface area contributed by atoms with Crippen molar-refractivity contribution in [1.29, 1.82) is 0 Å². The van der Waals surface area contributed by atoms with E-state index >= 15 is 0 Å². The Labute approximate surface area is 125 Å². The summed E-state index contributed by atoms with van der Waals surface area (Å²) in [5.74, 6) is -1.95. The van der Waals surface area contributed by atoms with E-state index in [0.717, 1.165) is 0 Å². The highest BCUT2D eigenvalue weighted by Gasteiger charge is 2.25. The molecule has 4 nitrogen and oxygen atoms in total. The van der Waals surface area contributed by atoms with Gasteiger partial charge in [-0.1, -0.05) is 30.3 Å². The quantitative estimate of drug-likeness (QED) is 0.418. The molecule has 0 aliphatic rings. The standard InChI is InChI=1S/C13H8Br2O4/c14-8-7(10(16)6-4-2-1-3-5-6)11(17)9(15)13(19)12(8)18/h1-5,17-19H. The first-order valence-electron chi connectivity index (χ1n) is 5.16. The molecule has 0 saturated heterocycles. The van der Waals surface area contributed by atoms with Crippen molar-refractivity contribution in [2.45, 2.75) is 0 Å². The fourth-order valence-electron chi connectivity index (χ4n) is 1.59. The second kappa shape index (κ2) is 5.22. The molecular formula is C13H8Br2O4. The van der Waals surface area contributed by atoms with Gasteiger partial charge in [-0.2, -0.15) is 0 Å². The van der Waals surface area contributed by atoms with E-state index in [2.05, 4.69) is 31.9 Å². The summed E-state index contributed by atoms with van der Waals surface area (Å²) < 4.78 is -0.188. The Morgan fingerprint density at radius 1 is 0.842 bits per heavy atom.